The zero-order chi connectivity index (χ0) is 12.6. The Hall–Kier alpha value is -2.44. The van der Waals surface area contributed by atoms with E-state index in [-0.39, 0.29) is 11.4 Å². The van der Waals surface area contributed by atoms with Crippen molar-refractivity contribution in [3.8, 4) is 5.75 Å². The van der Waals surface area contributed by atoms with Crippen LogP contribution < -0.4 is 15.0 Å². The Morgan fingerprint density at radius 3 is 2.53 bits per heavy atom. The fourth-order valence-electron chi connectivity index (χ4n) is 1.46. The first kappa shape index (κ1) is 11.1. The maximum Gasteiger partial charge on any atom is 0.336 e. The van der Waals surface area contributed by atoms with Gasteiger partial charge in [0.15, 0.2) is 0 Å². The maximum absolute atomic E-state index is 12.9. The first-order chi connectivity index (χ1) is 8.04. The van der Waals surface area contributed by atoms with E-state index in [9.17, 15) is 18.8 Å². The highest BCUT2D eigenvalue weighted by Gasteiger charge is 2.39. The van der Waals surface area contributed by atoms with Crippen LogP contribution >= 0.6 is 0 Å². The molecule has 4 amide bonds. The van der Waals surface area contributed by atoms with E-state index in [0.717, 1.165) is 12.1 Å². The van der Waals surface area contributed by atoms with Crippen LogP contribution in [-0.2, 0) is 9.59 Å². The predicted octanol–water partition coefficient (Wildman–Crippen LogP) is 0.417. The highest BCUT2D eigenvalue weighted by atomic mass is 19.1. The van der Waals surface area contributed by atoms with Crippen LogP contribution in [0.1, 0.15) is 0 Å². The van der Waals surface area contributed by atoms with E-state index in [0.29, 0.717) is 4.90 Å². The lowest BCUT2D eigenvalue weighted by molar-refractivity contribution is -0.134. The molecule has 1 fully saturated rings. The molecule has 88 valence electrons. The number of hydrogen-bond donors (Lipinski definition) is 1. The van der Waals surface area contributed by atoms with Gasteiger partial charge in [0.25, 0.3) is 0 Å². The Labute approximate surface area is 95.0 Å². The number of rotatable bonds is 2. The van der Waals surface area contributed by atoms with Gasteiger partial charge in [-0.25, -0.2) is 14.1 Å². The molecule has 0 aliphatic carbocycles. The Bertz CT molecular complexity index is 529. The molecule has 6 nitrogen and oxygen atoms in total. The summed E-state index contributed by atoms with van der Waals surface area (Å²) in [6, 6.07) is 2.37. The zero-order valence-electron chi connectivity index (χ0n) is 8.69. The number of nitrogens with one attached hydrogen (secondary N) is 1. The standard InChI is InChI=1S/C10H7FN2O4/c1-17-7-4-5(11)2-3-6(7)13-9(15)8(14)12-10(13)16/h2-4H,1H3,(H,12,14,16). The summed E-state index contributed by atoms with van der Waals surface area (Å²) in [5, 5.41) is 1.83. The van der Waals surface area contributed by atoms with Gasteiger partial charge in [-0.1, -0.05) is 0 Å². The monoisotopic (exact) mass is 238 g/mol. The molecule has 1 aliphatic rings. The smallest absolute Gasteiger partial charge is 0.336 e. The van der Waals surface area contributed by atoms with E-state index < -0.39 is 23.7 Å². The van der Waals surface area contributed by atoms with E-state index in [1.54, 1.807) is 0 Å². The first-order valence-electron chi connectivity index (χ1n) is 4.57. The summed E-state index contributed by atoms with van der Waals surface area (Å²) in [6.45, 7) is 0. The third kappa shape index (κ3) is 1.71. The lowest BCUT2D eigenvalue weighted by Gasteiger charge is -2.14. The van der Waals surface area contributed by atoms with E-state index in [4.69, 9.17) is 4.74 Å². The summed E-state index contributed by atoms with van der Waals surface area (Å²) in [6.07, 6.45) is 0. The fraction of sp³-hybridized carbons (Fsp3) is 0.100. The molecule has 1 aromatic carbocycles. The minimum absolute atomic E-state index is 0.0109. The van der Waals surface area contributed by atoms with Gasteiger partial charge in [-0.15, -0.1) is 0 Å². The minimum Gasteiger partial charge on any atom is -0.494 e. The average molecular weight is 238 g/mol. The highest BCUT2D eigenvalue weighted by molar-refractivity contribution is 6.53. The molecule has 0 radical (unpaired) electrons. The Morgan fingerprint density at radius 1 is 1.29 bits per heavy atom. The van der Waals surface area contributed by atoms with Crippen LogP contribution in [0.2, 0.25) is 0 Å². The lowest BCUT2D eigenvalue weighted by atomic mass is 10.2. The molecule has 7 heteroatoms. The van der Waals surface area contributed by atoms with Crippen LogP contribution in [0.15, 0.2) is 18.2 Å². The van der Waals surface area contributed by atoms with Crippen LogP contribution in [0.5, 0.6) is 5.75 Å². The van der Waals surface area contributed by atoms with E-state index in [1.807, 2.05) is 5.32 Å². The van der Waals surface area contributed by atoms with Crippen molar-refractivity contribution < 1.29 is 23.5 Å². The number of methoxy groups -OCH3 is 1. The molecule has 0 spiro atoms. The summed E-state index contributed by atoms with van der Waals surface area (Å²) in [5.41, 5.74) is 0.0160. The number of carbonyl (C=O) groups excluding carboxylic acids is 3. The molecular formula is C10H7FN2O4. The molecule has 1 saturated heterocycles. The van der Waals surface area contributed by atoms with Crippen LogP contribution in [0.25, 0.3) is 0 Å². The zero-order valence-corrected chi connectivity index (χ0v) is 8.69. The van der Waals surface area contributed by atoms with Gasteiger partial charge in [0.05, 0.1) is 12.8 Å². The van der Waals surface area contributed by atoms with Crippen LogP contribution in [0.4, 0.5) is 14.9 Å². The topological polar surface area (TPSA) is 75.7 Å². The molecule has 1 aliphatic heterocycles. The van der Waals surface area contributed by atoms with Gasteiger partial charge in [0.1, 0.15) is 11.6 Å². The van der Waals surface area contributed by atoms with Crippen molar-refractivity contribution in [3.63, 3.8) is 0 Å². The predicted molar refractivity (Wildman–Crippen MR) is 54.0 cm³/mol. The second kappa shape index (κ2) is 3.85. The van der Waals surface area contributed by atoms with Crippen molar-refractivity contribution in [2.45, 2.75) is 0 Å². The fourth-order valence-corrected chi connectivity index (χ4v) is 1.46. The maximum atomic E-state index is 12.9. The third-order valence-electron chi connectivity index (χ3n) is 2.20. The second-order valence-corrected chi connectivity index (χ2v) is 3.22. The number of halogens is 1. The summed E-state index contributed by atoms with van der Waals surface area (Å²) < 4.78 is 17.8. The molecule has 17 heavy (non-hydrogen) atoms. The van der Waals surface area contributed by atoms with Gasteiger partial charge < -0.3 is 4.74 Å². The number of carbonyl (C=O) groups is 3. The van der Waals surface area contributed by atoms with Crippen molar-refractivity contribution in [1.82, 2.24) is 5.32 Å². The van der Waals surface area contributed by atoms with Crippen molar-refractivity contribution in [2.24, 2.45) is 0 Å². The number of amides is 4. The number of imide groups is 2. The Kier molecular flexibility index (Phi) is 2.51. The molecule has 0 atom stereocenters. The van der Waals surface area contributed by atoms with Crippen molar-refractivity contribution >= 4 is 23.5 Å². The SMILES string of the molecule is COc1cc(F)ccc1N1C(=O)NC(=O)C1=O. The number of hydrogen-bond acceptors (Lipinski definition) is 4. The first-order valence-corrected chi connectivity index (χ1v) is 4.57. The summed E-state index contributed by atoms with van der Waals surface area (Å²) in [5.74, 6) is -2.64. The summed E-state index contributed by atoms with van der Waals surface area (Å²) >= 11 is 0. The minimum atomic E-state index is -1.03. The quantitative estimate of drug-likeness (QED) is 0.598. The van der Waals surface area contributed by atoms with Gasteiger partial charge in [-0.05, 0) is 12.1 Å². The van der Waals surface area contributed by atoms with Crippen molar-refractivity contribution in [3.05, 3.63) is 24.0 Å². The molecule has 1 aromatic rings. The third-order valence-corrected chi connectivity index (χ3v) is 2.20. The molecule has 1 heterocycles. The van der Waals surface area contributed by atoms with E-state index in [2.05, 4.69) is 0 Å². The Morgan fingerprint density at radius 2 is 2.00 bits per heavy atom. The molecule has 0 unspecified atom stereocenters. The molecule has 0 bridgehead atoms. The van der Waals surface area contributed by atoms with Gasteiger partial charge in [0.2, 0.25) is 0 Å². The van der Waals surface area contributed by atoms with Gasteiger partial charge in [0, 0.05) is 6.07 Å². The highest BCUT2D eigenvalue weighted by Crippen LogP contribution is 2.30. The van der Waals surface area contributed by atoms with Crippen LogP contribution in [0.3, 0.4) is 0 Å². The molecule has 1 N–H and O–H groups in total. The number of anilines is 1. The average Bonchev–Trinajstić information content (AvgIpc) is 2.54. The molecule has 0 saturated carbocycles. The normalized spacial score (nSPS) is 15.2. The van der Waals surface area contributed by atoms with Crippen LogP contribution in [0, 0.1) is 5.82 Å². The molecule has 0 aromatic heterocycles. The largest absolute Gasteiger partial charge is 0.494 e. The van der Waals surface area contributed by atoms with Crippen LogP contribution in [-0.4, -0.2) is 25.0 Å². The lowest BCUT2D eigenvalue weighted by Crippen LogP contribution is -2.31. The molecule has 2 rings (SSSR count). The Balaban J connectivity index is 2.50. The number of urea groups is 1. The van der Waals surface area contributed by atoms with Crippen molar-refractivity contribution in [1.29, 1.82) is 0 Å². The second-order valence-electron chi connectivity index (χ2n) is 3.22. The number of nitrogens with zero attached hydrogens (tertiary/aromatic N) is 1. The number of ether oxygens (including phenoxy) is 1. The van der Waals surface area contributed by atoms with Crippen molar-refractivity contribution in [2.75, 3.05) is 12.0 Å². The van der Waals surface area contributed by atoms with Gasteiger partial charge >= 0.3 is 17.8 Å². The van der Waals surface area contributed by atoms with Gasteiger partial charge in [-0.3, -0.25) is 14.9 Å². The molecular weight excluding hydrogens is 231 g/mol. The van der Waals surface area contributed by atoms with E-state index >= 15 is 0 Å². The summed E-state index contributed by atoms with van der Waals surface area (Å²) in [7, 11) is 1.26. The number of benzene rings is 1. The van der Waals surface area contributed by atoms with E-state index in [1.165, 1.54) is 13.2 Å². The van der Waals surface area contributed by atoms with Gasteiger partial charge in [-0.2, -0.15) is 0 Å². The summed E-state index contributed by atoms with van der Waals surface area (Å²) in [4.78, 5) is 34.4.